The molecule has 0 aromatic heterocycles. The van der Waals surface area contributed by atoms with Crippen molar-refractivity contribution in [3.63, 3.8) is 0 Å². The summed E-state index contributed by atoms with van der Waals surface area (Å²) >= 11 is 5.53. The van der Waals surface area contributed by atoms with Crippen molar-refractivity contribution < 1.29 is 0 Å². The molecule has 0 unspecified atom stereocenters. The molecule has 0 fully saturated rings. The van der Waals surface area contributed by atoms with E-state index in [2.05, 4.69) is 66.1 Å². The highest BCUT2D eigenvalue weighted by Gasteiger charge is 2.14. The molecular formula is C22H30N2S. The Morgan fingerprint density at radius 2 is 1.32 bits per heavy atom. The predicted molar refractivity (Wildman–Crippen MR) is 112 cm³/mol. The summed E-state index contributed by atoms with van der Waals surface area (Å²) in [7, 11) is 0. The van der Waals surface area contributed by atoms with Gasteiger partial charge in [-0.2, -0.15) is 0 Å². The Morgan fingerprint density at radius 1 is 0.800 bits per heavy atom. The Bertz CT molecular complexity index is 558. The molecule has 0 aliphatic rings. The SMILES string of the molecule is CCCCCCCCNC(=S)NC(c1ccccc1)c1ccccc1. The molecule has 0 bridgehead atoms. The molecule has 2 nitrogen and oxygen atoms in total. The van der Waals surface area contributed by atoms with Crippen molar-refractivity contribution in [2.24, 2.45) is 0 Å². The van der Waals surface area contributed by atoms with E-state index < -0.39 is 0 Å². The van der Waals surface area contributed by atoms with Gasteiger partial charge in [0, 0.05) is 6.54 Å². The lowest BCUT2D eigenvalue weighted by Gasteiger charge is -2.22. The molecule has 2 aromatic carbocycles. The Morgan fingerprint density at radius 3 is 1.88 bits per heavy atom. The summed E-state index contributed by atoms with van der Waals surface area (Å²) in [6.45, 7) is 3.19. The maximum Gasteiger partial charge on any atom is 0.167 e. The van der Waals surface area contributed by atoms with Crippen LogP contribution in [0.2, 0.25) is 0 Å². The van der Waals surface area contributed by atoms with Crippen LogP contribution in [0.4, 0.5) is 0 Å². The van der Waals surface area contributed by atoms with Gasteiger partial charge in [-0.15, -0.1) is 0 Å². The van der Waals surface area contributed by atoms with Crippen molar-refractivity contribution in [3.05, 3.63) is 71.8 Å². The molecule has 0 saturated heterocycles. The molecular weight excluding hydrogens is 324 g/mol. The Kier molecular flexibility index (Phi) is 9.06. The highest BCUT2D eigenvalue weighted by Crippen LogP contribution is 2.21. The molecule has 134 valence electrons. The summed E-state index contributed by atoms with van der Waals surface area (Å²) in [5, 5.41) is 7.57. The van der Waals surface area contributed by atoms with Gasteiger partial charge in [0.25, 0.3) is 0 Å². The zero-order valence-corrected chi connectivity index (χ0v) is 16.0. The van der Waals surface area contributed by atoms with Gasteiger partial charge in [0.2, 0.25) is 0 Å². The summed E-state index contributed by atoms with van der Waals surface area (Å²) < 4.78 is 0. The first kappa shape index (κ1) is 19.5. The number of rotatable bonds is 10. The fourth-order valence-electron chi connectivity index (χ4n) is 2.94. The second-order valence-electron chi connectivity index (χ2n) is 6.42. The van der Waals surface area contributed by atoms with Crippen LogP contribution in [0.3, 0.4) is 0 Å². The molecule has 2 rings (SSSR count). The minimum absolute atomic E-state index is 0.0759. The zero-order valence-electron chi connectivity index (χ0n) is 15.2. The first-order chi connectivity index (χ1) is 12.3. The molecule has 0 aliphatic carbocycles. The van der Waals surface area contributed by atoms with Crippen molar-refractivity contribution in [2.45, 2.75) is 51.5 Å². The molecule has 0 spiro atoms. The summed E-state index contributed by atoms with van der Waals surface area (Å²) in [5.74, 6) is 0. The first-order valence-electron chi connectivity index (χ1n) is 9.45. The number of nitrogens with one attached hydrogen (secondary N) is 2. The lowest BCUT2D eigenvalue weighted by molar-refractivity contribution is 0.599. The highest BCUT2D eigenvalue weighted by molar-refractivity contribution is 7.80. The lowest BCUT2D eigenvalue weighted by Crippen LogP contribution is -2.38. The maximum atomic E-state index is 5.53. The minimum Gasteiger partial charge on any atom is -0.363 e. The molecule has 2 N–H and O–H groups in total. The highest BCUT2D eigenvalue weighted by atomic mass is 32.1. The minimum atomic E-state index is 0.0759. The van der Waals surface area contributed by atoms with E-state index in [1.54, 1.807) is 0 Å². The van der Waals surface area contributed by atoms with Crippen molar-refractivity contribution in [1.29, 1.82) is 0 Å². The van der Waals surface area contributed by atoms with E-state index in [0.29, 0.717) is 0 Å². The van der Waals surface area contributed by atoms with Gasteiger partial charge in [-0.05, 0) is 29.8 Å². The van der Waals surface area contributed by atoms with Crippen molar-refractivity contribution in [2.75, 3.05) is 6.54 Å². The third-order valence-corrected chi connectivity index (χ3v) is 4.62. The third kappa shape index (κ3) is 7.27. The second kappa shape index (κ2) is 11.6. The lowest BCUT2D eigenvalue weighted by atomic mass is 9.99. The maximum absolute atomic E-state index is 5.53. The van der Waals surface area contributed by atoms with Gasteiger partial charge in [-0.1, -0.05) is 99.7 Å². The van der Waals surface area contributed by atoms with Gasteiger partial charge in [-0.3, -0.25) is 0 Å². The summed E-state index contributed by atoms with van der Waals surface area (Å²) in [5.41, 5.74) is 2.44. The zero-order chi connectivity index (χ0) is 17.7. The van der Waals surface area contributed by atoms with Gasteiger partial charge in [0.1, 0.15) is 0 Å². The summed E-state index contributed by atoms with van der Waals surface area (Å²) in [6, 6.07) is 21.0. The van der Waals surface area contributed by atoms with Crippen LogP contribution in [0.5, 0.6) is 0 Å². The van der Waals surface area contributed by atoms with Crippen molar-refractivity contribution in [1.82, 2.24) is 10.6 Å². The van der Waals surface area contributed by atoms with Gasteiger partial charge in [0.15, 0.2) is 5.11 Å². The average molecular weight is 355 g/mol. The summed E-state index contributed by atoms with van der Waals surface area (Å²) in [4.78, 5) is 0. The molecule has 0 heterocycles. The molecule has 0 saturated carbocycles. The van der Waals surface area contributed by atoms with Crippen LogP contribution >= 0.6 is 12.2 Å². The number of hydrogen-bond acceptors (Lipinski definition) is 1. The molecule has 0 atom stereocenters. The molecule has 2 aromatic rings. The van der Waals surface area contributed by atoms with E-state index in [1.807, 2.05) is 12.1 Å². The van der Waals surface area contributed by atoms with Crippen molar-refractivity contribution >= 4 is 17.3 Å². The van der Waals surface area contributed by atoms with E-state index in [9.17, 15) is 0 Å². The second-order valence-corrected chi connectivity index (χ2v) is 6.83. The van der Waals surface area contributed by atoms with Gasteiger partial charge >= 0.3 is 0 Å². The fourth-order valence-corrected chi connectivity index (χ4v) is 3.16. The molecule has 25 heavy (non-hydrogen) atoms. The molecule has 3 heteroatoms. The predicted octanol–water partition coefficient (Wildman–Crippen LogP) is 5.60. The fraction of sp³-hybridized carbons (Fsp3) is 0.409. The average Bonchev–Trinajstić information content (AvgIpc) is 2.67. The van der Waals surface area contributed by atoms with E-state index in [4.69, 9.17) is 12.2 Å². The van der Waals surface area contributed by atoms with E-state index in [-0.39, 0.29) is 6.04 Å². The Labute approximate surface area is 158 Å². The number of thiocarbonyl (C=S) groups is 1. The monoisotopic (exact) mass is 354 g/mol. The van der Waals surface area contributed by atoms with Crippen LogP contribution in [0.1, 0.15) is 62.6 Å². The van der Waals surface area contributed by atoms with Crippen LogP contribution in [0.25, 0.3) is 0 Å². The Balaban J connectivity index is 1.84. The quantitative estimate of drug-likeness (QED) is 0.429. The third-order valence-electron chi connectivity index (χ3n) is 4.36. The van der Waals surface area contributed by atoms with Gasteiger partial charge in [0.05, 0.1) is 6.04 Å². The first-order valence-corrected chi connectivity index (χ1v) is 9.86. The van der Waals surface area contributed by atoms with Crippen molar-refractivity contribution in [3.8, 4) is 0 Å². The molecule has 0 aliphatic heterocycles. The Hall–Kier alpha value is -1.87. The smallest absolute Gasteiger partial charge is 0.167 e. The number of benzene rings is 2. The normalized spacial score (nSPS) is 10.6. The summed E-state index contributed by atoms with van der Waals surface area (Å²) in [6.07, 6.45) is 7.77. The number of hydrogen-bond donors (Lipinski definition) is 2. The van der Waals surface area contributed by atoms with Crippen LogP contribution in [-0.2, 0) is 0 Å². The van der Waals surface area contributed by atoms with E-state index >= 15 is 0 Å². The topological polar surface area (TPSA) is 24.1 Å². The molecule has 0 amide bonds. The molecule has 0 radical (unpaired) electrons. The largest absolute Gasteiger partial charge is 0.363 e. The standard InChI is InChI=1S/C22H30N2S/c1-2-3-4-5-6-13-18-23-22(25)24-21(19-14-9-7-10-15-19)20-16-11-8-12-17-20/h7-12,14-17,21H,2-6,13,18H2,1H3,(H2,23,24,25). The van der Waals surface area contributed by atoms with Crippen LogP contribution < -0.4 is 10.6 Å². The van der Waals surface area contributed by atoms with Crippen LogP contribution in [0, 0.1) is 0 Å². The van der Waals surface area contributed by atoms with E-state index in [1.165, 1.54) is 49.7 Å². The van der Waals surface area contributed by atoms with Crippen LogP contribution in [0.15, 0.2) is 60.7 Å². The van der Waals surface area contributed by atoms with Crippen LogP contribution in [-0.4, -0.2) is 11.7 Å². The van der Waals surface area contributed by atoms with E-state index in [0.717, 1.165) is 11.7 Å². The van der Waals surface area contributed by atoms with Gasteiger partial charge in [-0.25, -0.2) is 0 Å². The number of unbranched alkanes of at least 4 members (excludes halogenated alkanes) is 5. The van der Waals surface area contributed by atoms with Gasteiger partial charge < -0.3 is 10.6 Å².